The summed E-state index contributed by atoms with van der Waals surface area (Å²) in [6.07, 6.45) is 4.90. The van der Waals surface area contributed by atoms with E-state index >= 15 is 0 Å². The molecule has 3 rings (SSSR count). The van der Waals surface area contributed by atoms with E-state index in [1.807, 2.05) is 43.5 Å². The highest BCUT2D eigenvalue weighted by Gasteiger charge is 2.27. The number of hydrogen-bond acceptors (Lipinski definition) is 3. The average molecular weight is 326 g/mol. The van der Waals surface area contributed by atoms with Crippen LogP contribution in [0.2, 0.25) is 0 Å². The molecular formula is C19H26N4O. The number of carbonyl (C=O) groups excluding carboxylic acids is 1. The second kappa shape index (κ2) is 7.62. The number of nitrogens with zero attached hydrogens (tertiary/aromatic N) is 3. The molecule has 0 spiro atoms. The molecule has 5 heteroatoms. The summed E-state index contributed by atoms with van der Waals surface area (Å²) in [5.74, 6) is 0.114. The lowest BCUT2D eigenvalue weighted by molar-refractivity contribution is 0.0642. The van der Waals surface area contributed by atoms with Crippen LogP contribution in [0.1, 0.15) is 42.2 Å². The molecule has 0 radical (unpaired) electrons. The Bertz CT molecular complexity index is 674. The lowest BCUT2D eigenvalue weighted by Crippen LogP contribution is -2.46. The van der Waals surface area contributed by atoms with Crippen LogP contribution in [0, 0.1) is 6.92 Å². The van der Waals surface area contributed by atoms with Crippen LogP contribution in [0.5, 0.6) is 0 Å². The van der Waals surface area contributed by atoms with Gasteiger partial charge in [-0.2, -0.15) is 5.10 Å². The molecule has 2 heterocycles. The van der Waals surface area contributed by atoms with E-state index in [0.717, 1.165) is 50.3 Å². The number of benzene rings is 1. The van der Waals surface area contributed by atoms with Crippen LogP contribution >= 0.6 is 0 Å². The summed E-state index contributed by atoms with van der Waals surface area (Å²) < 4.78 is 1.80. The van der Waals surface area contributed by atoms with Crippen molar-refractivity contribution in [2.24, 2.45) is 0 Å². The molecule has 0 bridgehead atoms. The zero-order chi connectivity index (χ0) is 16.9. The summed E-state index contributed by atoms with van der Waals surface area (Å²) in [5.41, 5.74) is 2.48. The van der Waals surface area contributed by atoms with Gasteiger partial charge in [-0.3, -0.25) is 4.79 Å². The van der Waals surface area contributed by atoms with Crippen molar-refractivity contribution in [2.45, 2.75) is 39.2 Å². The van der Waals surface area contributed by atoms with Gasteiger partial charge in [-0.15, -0.1) is 0 Å². The average Bonchev–Trinajstić information content (AvgIpc) is 3.02. The van der Waals surface area contributed by atoms with Gasteiger partial charge in [0.15, 0.2) is 0 Å². The predicted molar refractivity (Wildman–Crippen MR) is 95.5 cm³/mol. The van der Waals surface area contributed by atoms with Gasteiger partial charge >= 0.3 is 0 Å². The molecule has 1 saturated heterocycles. The summed E-state index contributed by atoms with van der Waals surface area (Å²) >= 11 is 0. The van der Waals surface area contributed by atoms with Gasteiger partial charge < -0.3 is 10.2 Å². The first-order chi connectivity index (χ1) is 11.7. The minimum absolute atomic E-state index is 0.114. The topological polar surface area (TPSA) is 50.2 Å². The normalized spacial score (nSPS) is 15.4. The monoisotopic (exact) mass is 326 g/mol. The lowest BCUT2D eigenvalue weighted by atomic mass is 10.0. The zero-order valence-corrected chi connectivity index (χ0v) is 14.5. The quantitative estimate of drug-likeness (QED) is 0.919. The third-order valence-corrected chi connectivity index (χ3v) is 4.62. The van der Waals surface area contributed by atoms with Crippen LogP contribution in [-0.2, 0) is 0 Å². The fourth-order valence-electron chi connectivity index (χ4n) is 3.35. The minimum Gasteiger partial charge on any atom is -0.335 e. The van der Waals surface area contributed by atoms with Gasteiger partial charge in [0.2, 0.25) is 0 Å². The van der Waals surface area contributed by atoms with Gasteiger partial charge in [-0.25, -0.2) is 4.68 Å². The highest BCUT2D eigenvalue weighted by Crippen LogP contribution is 2.19. The van der Waals surface area contributed by atoms with Crippen molar-refractivity contribution in [1.29, 1.82) is 0 Å². The smallest absolute Gasteiger partial charge is 0.257 e. The number of aryl methyl sites for hydroxylation is 1. The number of amides is 1. The number of para-hydroxylation sites is 1. The molecule has 1 aliphatic heterocycles. The summed E-state index contributed by atoms with van der Waals surface area (Å²) in [5, 5.41) is 7.92. The first-order valence-electron chi connectivity index (χ1n) is 8.84. The van der Waals surface area contributed by atoms with E-state index < -0.39 is 0 Å². The van der Waals surface area contributed by atoms with Crippen molar-refractivity contribution in [3.8, 4) is 5.69 Å². The molecule has 1 amide bonds. The molecular weight excluding hydrogens is 300 g/mol. The predicted octanol–water partition coefficient (Wildman–Crippen LogP) is 2.78. The SMILES string of the molecule is CCCN(C(=O)c1cn(-c2ccccc2)nc1C)C1CCNCC1. The number of rotatable bonds is 5. The van der Waals surface area contributed by atoms with E-state index in [0.29, 0.717) is 11.6 Å². The van der Waals surface area contributed by atoms with Crippen molar-refractivity contribution < 1.29 is 4.79 Å². The third kappa shape index (κ3) is 3.51. The molecule has 1 N–H and O–H groups in total. The number of aromatic nitrogens is 2. The fourth-order valence-corrected chi connectivity index (χ4v) is 3.35. The van der Waals surface area contributed by atoms with Gasteiger partial charge in [0.25, 0.3) is 5.91 Å². The molecule has 1 aromatic heterocycles. The van der Waals surface area contributed by atoms with Crippen LogP contribution in [0.25, 0.3) is 5.69 Å². The standard InChI is InChI=1S/C19H26N4O/c1-3-13-22(16-9-11-20-12-10-16)19(24)18-14-23(21-15(18)2)17-7-5-4-6-8-17/h4-8,14,16,20H,3,9-13H2,1-2H3. The largest absolute Gasteiger partial charge is 0.335 e. The summed E-state index contributed by atoms with van der Waals surface area (Å²) in [6.45, 7) is 6.82. The summed E-state index contributed by atoms with van der Waals surface area (Å²) in [7, 11) is 0. The Labute approximate surface area is 143 Å². The lowest BCUT2D eigenvalue weighted by Gasteiger charge is -2.34. The molecule has 24 heavy (non-hydrogen) atoms. The molecule has 5 nitrogen and oxygen atoms in total. The van der Waals surface area contributed by atoms with Crippen LogP contribution in [0.4, 0.5) is 0 Å². The van der Waals surface area contributed by atoms with Gasteiger partial charge in [-0.1, -0.05) is 25.1 Å². The summed E-state index contributed by atoms with van der Waals surface area (Å²) in [4.78, 5) is 15.2. The number of carbonyl (C=O) groups is 1. The number of hydrogen-bond donors (Lipinski definition) is 1. The van der Waals surface area contributed by atoms with Gasteiger partial charge in [0.1, 0.15) is 0 Å². The van der Waals surface area contributed by atoms with Gasteiger partial charge in [0.05, 0.1) is 16.9 Å². The Morgan fingerprint density at radius 3 is 2.67 bits per heavy atom. The maximum atomic E-state index is 13.2. The Morgan fingerprint density at radius 1 is 1.29 bits per heavy atom. The Balaban J connectivity index is 1.86. The first kappa shape index (κ1) is 16.7. The molecule has 2 aromatic rings. The minimum atomic E-state index is 0.114. The van der Waals surface area contributed by atoms with E-state index in [1.165, 1.54) is 0 Å². The van der Waals surface area contributed by atoms with Crippen LogP contribution in [-0.4, -0.2) is 46.3 Å². The Kier molecular flexibility index (Phi) is 5.30. The van der Waals surface area contributed by atoms with Gasteiger partial charge in [-0.05, 0) is 51.4 Å². The zero-order valence-electron chi connectivity index (χ0n) is 14.5. The number of piperidine rings is 1. The molecule has 0 atom stereocenters. The maximum Gasteiger partial charge on any atom is 0.257 e. The van der Waals surface area contributed by atoms with Crippen LogP contribution < -0.4 is 5.32 Å². The van der Waals surface area contributed by atoms with E-state index in [9.17, 15) is 4.79 Å². The molecule has 0 unspecified atom stereocenters. The highest BCUT2D eigenvalue weighted by atomic mass is 16.2. The second-order valence-electron chi connectivity index (χ2n) is 6.39. The molecule has 1 aromatic carbocycles. The molecule has 1 aliphatic rings. The number of nitrogens with one attached hydrogen (secondary N) is 1. The first-order valence-corrected chi connectivity index (χ1v) is 8.84. The van der Waals surface area contributed by atoms with Gasteiger partial charge in [0, 0.05) is 18.8 Å². The van der Waals surface area contributed by atoms with Crippen LogP contribution in [0.3, 0.4) is 0 Å². The van der Waals surface area contributed by atoms with Crippen molar-refractivity contribution in [3.63, 3.8) is 0 Å². The Morgan fingerprint density at radius 2 is 2.00 bits per heavy atom. The molecule has 128 valence electrons. The highest BCUT2D eigenvalue weighted by molar-refractivity contribution is 5.95. The van der Waals surface area contributed by atoms with E-state index in [1.54, 1.807) is 4.68 Å². The van der Waals surface area contributed by atoms with E-state index in [2.05, 4.69) is 22.2 Å². The maximum absolute atomic E-state index is 13.2. The molecule has 1 fully saturated rings. The molecule has 0 aliphatic carbocycles. The van der Waals surface area contributed by atoms with Crippen LogP contribution in [0.15, 0.2) is 36.5 Å². The molecule has 0 saturated carbocycles. The van der Waals surface area contributed by atoms with Crippen molar-refractivity contribution in [2.75, 3.05) is 19.6 Å². The van der Waals surface area contributed by atoms with Crippen molar-refractivity contribution >= 4 is 5.91 Å². The van der Waals surface area contributed by atoms with Crippen molar-refractivity contribution in [1.82, 2.24) is 20.0 Å². The summed E-state index contributed by atoms with van der Waals surface area (Å²) in [6, 6.07) is 10.3. The van der Waals surface area contributed by atoms with Crippen molar-refractivity contribution in [3.05, 3.63) is 47.8 Å². The van der Waals surface area contributed by atoms with E-state index in [4.69, 9.17) is 0 Å². The third-order valence-electron chi connectivity index (χ3n) is 4.62. The van der Waals surface area contributed by atoms with E-state index in [-0.39, 0.29) is 5.91 Å². The second-order valence-corrected chi connectivity index (χ2v) is 6.39. The fraction of sp³-hybridized carbons (Fsp3) is 0.474. The Hall–Kier alpha value is -2.14.